The van der Waals surface area contributed by atoms with E-state index in [-0.39, 0.29) is 18.9 Å². The van der Waals surface area contributed by atoms with E-state index in [0.717, 1.165) is 11.1 Å². The van der Waals surface area contributed by atoms with Crippen molar-refractivity contribution in [2.24, 2.45) is 5.41 Å². The Kier molecular flexibility index (Phi) is 5.06. The van der Waals surface area contributed by atoms with Crippen LogP contribution in [0.4, 0.5) is 0 Å². The molecule has 0 fully saturated rings. The largest absolute Gasteiger partial charge is 0.481 e. The molecular formula is C14H19NO4. The summed E-state index contributed by atoms with van der Waals surface area (Å²) < 4.78 is 0. The number of hydrogen-bond acceptors (Lipinski definition) is 3. The quantitative estimate of drug-likeness (QED) is 0.723. The molecule has 19 heavy (non-hydrogen) atoms. The van der Waals surface area contributed by atoms with E-state index in [1.54, 1.807) is 12.1 Å². The number of hydrogen-bond donors (Lipinski definition) is 3. The molecule has 0 spiro atoms. The Balaban J connectivity index is 2.48. The number of benzene rings is 1. The van der Waals surface area contributed by atoms with Crippen LogP contribution in [0.5, 0.6) is 0 Å². The molecule has 1 aromatic carbocycles. The van der Waals surface area contributed by atoms with Gasteiger partial charge < -0.3 is 15.5 Å². The van der Waals surface area contributed by atoms with Crippen LogP contribution in [-0.2, 0) is 22.7 Å². The lowest BCUT2D eigenvalue weighted by atomic mass is 9.89. The number of carbonyl (C=O) groups is 2. The van der Waals surface area contributed by atoms with Crippen LogP contribution < -0.4 is 5.32 Å². The van der Waals surface area contributed by atoms with Gasteiger partial charge in [-0.15, -0.1) is 0 Å². The predicted molar refractivity (Wildman–Crippen MR) is 70.2 cm³/mol. The van der Waals surface area contributed by atoms with Gasteiger partial charge in [-0.05, 0) is 25.0 Å². The summed E-state index contributed by atoms with van der Waals surface area (Å²) in [6.45, 7) is 3.37. The van der Waals surface area contributed by atoms with Crippen LogP contribution in [0.2, 0.25) is 0 Å². The second-order valence-corrected chi connectivity index (χ2v) is 5.12. The number of aliphatic carboxylic acids is 1. The third-order valence-corrected chi connectivity index (χ3v) is 2.88. The molecule has 0 radical (unpaired) electrons. The van der Waals surface area contributed by atoms with Crippen LogP contribution in [0.1, 0.15) is 31.4 Å². The van der Waals surface area contributed by atoms with Gasteiger partial charge in [0.2, 0.25) is 5.91 Å². The van der Waals surface area contributed by atoms with Crippen LogP contribution >= 0.6 is 0 Å². The highest BCUT2D eigenvalue weighted by molar-refractivity contribution is 5.84. The maximum Gasteiger partial charge on any atom is 0.309 e. The third-order valence-electron chi connectivity index (χ3n) is 2.88. The minimum absolute atomic E-state index is 0.0144. The molecule has 0 aliphatic rings. The Morgan fingerprint density at radius 3 is 2.16 bits per heavy atom. The summed E-state index contributed by atoms with van der Waals surface area (Å²) in [5.41, 5.74) is 0.644. The van der Waals surface area contributed by atoms with E-state index < -0.39 is 11.4 Å². The minimum atomic E-state index is -1.06. The van der Waals surface area contributed by atoms with Crippen molar-refractivity contribution in [3.8, 4) is 0 Å². The van der Waals surface area contributed by atoms with Gasteiger partial charge in [-0.3, -0.25) is 9.59 Å². The summed E-state index contributed by atoms with van der Waals surface area (Å²) in [6, 6.07) is 7.19. The van der Waals surface area contributed by atoms with Gasteiger partial charge in [-0.1, -0.05) is 24.3 Å². The Morgan fingerprint density at radius 2 is 1.68 bits per heavy atom. The smallest absolute Gasteiger partial charge is 0.309 e. The molecular weight excluding hydrogens is 246 g/mol. The number of amides is 1. The van der Waals surface area contributed by atoms with Crippen molar-refractivity contribution in [1.29, 1.82) is 0 Å². The van der Waals surface area contributed by atoms with Gasteiger partial charge in [-0.25, -0.2) is 0 Å². The topological polar surface area (TPSA) is 86.6 Å². The molecule has 1 aromatic rings. The molecule has 0 heterocycles. The minimum Gasteiger partial charge on any atom is -0.481 e. The monoisotopic (exact) mass is 265 g/mol. The second kappa shape index (κ2) is 6.33. The van der Waals surface area contributed by atoms with Crippen molar-refractivity contribution >= 4 is 11.9 Å². The molecule has 1 rings (SSSR count). The highest BCUT2D eigenvalue weighted by atomic mass is 16.4. The second-order valence-electron chi connectivity index (χ2n) is 5.12. The van der Waals surface area contributed by atoms with Gasteiger partial charge in [0.25, 0.3) is 0 Å². The molecule has 0 bridgehead atoms. The van der Waals surface area contributed by atoms with Crippen molar-refractivity contribution in [2.75, 3.05) is 0 Å². The molecule has 5 nitrogen and oxygen atoms in total. The average molecular weight is 265 g/mol. The summed E-state index contributed by atoms with van der Waals surface area (Å²) in [5, 5.41) is 20.5. The zero-order valence-electron chi connectivity index (χ0n) is 11.1. The molecule has 0 aliphatic heterocycles. The SMILES string of the molecule is CC(C)(CC(=O)NCc1ccc(CO)cc1)C(=O)O. The van der Waals surface area contributed by atoms with E-state index >= 15 is 0 Å². The predicted octanol–water partition coefficient (Wildman–Crippen LogP) is 1.30. The van der Waals surface area contributed by atoms with Crippen molar-refractivity contribution < 1.29 is 19.8 Å². The maximum absolute atomic E-state index is 11.6. The molecule has 0 atom stereocenters. The number of carboxylic acid groups (broad SMARTS) is 1. The summed E-state index contributed by atoms with van der Waals surface area (Å²) in [7, 11) is 0. The summed E-state index contributed by atoms with van der Waals surface area (Å²) in [5.74, 6) is -1.28. The lowest BCUT2D eigenvalue weighted by Gasteiger charge is -2.18. The van der Waals surface area contributed by atoms with Gasteiger partial charge in [0.15, 0.2) is 0 Å². The first-order chi connectivity index (χ1) is 8.85. The maximum atomic E-state index is 11.6. The van der Waals surface area contributed by atoms with Crippen molar-refractivity contribution in [3.63, 3.8) is 0 Å². The zero-order valence-corrected chi connectivity index (χ0v) is 11.1. The Morgan fingerprint density at radius 1 is 1.16 bits per heavy atom. The van der Waals surface area contributed by atoms with Crippen molar-refractivity contribution in [1.82, 2.24) is 5.32 Å². The number of carboxylic acids is 1. The van der Waals surface area contributed by atoms with Crippen LogP contribution in [0.25, 0.3) is 0 Å². The molecule has 0 saturated heterocycles. The van der Waals surface area contributed by atoms with E-state index in [2.05, 4.69) is 5.32 Å². The van der Waals surface area contributed by atoms with Gasteiger partial charge in [0.05, 0.1) is 12.0 Å². The van der Waals surface area contributed by atoms with Crippen molar-refractivity contribution in [2.45, 2.75) is 33.4 Å². The van der Waals surface area contributed by atoms with Gasteiger partial charge in [0.1, 0.15) is 0 Å². The Hall–Kier alpha value is -1.88. The van der Waals surface area contributed by atoms with Crippen LogP contribution in [-0.4, -0.2) is 22.1 Å². The molecule has 1 amide bonds. The summed E-state index contributed by atoms with van der Waals surface area (Å²) >= 11 is 0. The fourth-order valence-electron chi connectivity index (χ4n) is 1.50. The Bertz CT molecular complexity index is 451. The lowest BCUT2D eigenvalue weighted by Crippen LogP contribution is -2.33. The number of nitrogens with one attached hydrogen (secondary N) is 1. The van der Waals surface area contributed by atoms with E-state index in [4.69, 9.17) is 10.2 Å². The number of aliphatic hydroxyl groups is 1. The molecule has 0 aromatic heterocycles. The molecule has 0 unspecified atom stereocenters. The first-order valence-electron chi connectivity index (χ1n) is 6.04. The summed E-state index contributed by atoms with van der Waals surface area (Å²) in [6.07, 6.45) is -0.0585. The molecule has 3 N–H and O–H groups in total. The fourth-order valence-corrected chi connectivity index (χ4v) is 1.50. The van der Waals surface area contributed by atoms with E-state index in [9.17, 15) is 9.59 Å². The molecule has 0 saturated carbocycles. The Labute approximate surface area is 112 Å². The van der Waals surface area contributed by atoms with E-state index in [1.165, 1.54) is 13.8 Å². The molecule has 5 heteroatoms. The number of carbonyl (C=O) groups excluding carboxylic acids is 1. The molecule has 0 aliphatic carbocycles. The van der Waals surface area contributed by atoms with Crippen LogP contribution in [0.3, 0.4) is 0 Å². The standard InChI is InChI=1S/C14H19NO4/c1-14(2,13(18)19)7-12(17)15-8-10-3-5-11(9-16)6-4-10/h3-6,16H,7-9H2,1-2H3,(H,15,17)(H,18,19). The van der Waals surface area contributed by atoms with Gasteiger partial charge in [0, 0.05) is 13.0 Å². The number of rotatable bonds is 6. The van der Waals surface area contributed by atoms with Crippen LogP contribution in [0, 0.1) is 5.41 Å². The van der Waals surface area contributed by atoms with Crippen LogP contribution in [0.15, 0.2) is 24.3 Å². The lowest BCUT2D eigenvalue weighted by molar-refractivity contribution is -0.149. The normalized spacial score (nSPS) is 11.1. The third kappa shape index (κ3) is 4.71. The van der Waals surface area contributed by atoms with Gasteiger partial charge >= 0.3 is 5.97 Å². The van der Waals surface area contributed by atoms with Gasteiger partial charge in [-0.2, -0.15) is 0 Å². The highest BCUT2D eigenvalue weighted by Gasteiger charge is 2.29. The van der Waals surface area contributed by atoms with Crippen molar-refractivity contribution in [3.05, 3.63) is 35.4 Å². The fraction of sp³-hybridized carbons (Fsp3) is 0.429. The average Bonchev–Trinajstić information content (AvgIpc) is 2.36. The number of aliphatic hydroxyl groups excluding tert-OH is 1. The summed E-state index contributed by atoms with van der Waals surface area (Å²) in [4.78, 5) is 22.5. The zero-order chi connectivity index (χ0) is 14.5. The molecule has 104 valence electrons. The van der Waals surface area contributed by atoms with E-state index in [0.29, 0.717) is 6.54 Å². The highest BCUT2D eigenvalue weighted by Crippen LogP contribution is 2.20. The first-order valence-corrected chi connectivity index (χ1v) is 6.04. The first kappa shape index (κ1) is 15.2. The van der Waals surface area contributed by atoms with E-state index in [1.807, 2.05) is 12.1 Å².